The summed E-state index contributed by atoms with van der Waals surface area (Å²) in [5.74, 6) is 0.0516. The number of methoxy groups -OCH3 is 1. The Kier molecular flexibility index (Phi) is 7.76. The lowest BCUT2D eigenvalue weighted by molar-refractivity contribution is -0.139. The fourth-order valence-corrected chi connectivity index (χ4v) is 5.56. The van der Waals surface area contributed by atoms with Gasteiger partial charge in [-0.3, -0.25) is 14.7 Å². The highest BCUT2D eigenvalue weighted by molar-refractivity contribution is 6.12. The van der Waals surface area contributed by atoms with Gasteiger partial charge in [0.15, 0.2) is 0 Å². The molecule has 1 fully saturated rings. The molecule has 1 spiro atoms. The second-order valence-corrected chi connectivity index (χ2v) is 10.4. The van der Waals surface area contributed by atoms with Crippen molar-refractivity contribution in [2.24, 2.45) is 4.99 Å². The summed E-state index contributed by atoms with van der Waals surface area (Å²) >= 11 is 0. The number of anilines is 1. The Morgan fingerprint density at radius 2 is 1.97 bits per heavy atom. The van der Waals surface area contributed by atoms with Gasteiger partial charge >= 0.3 is 6.18 Å². The van der Waals surface area contributed by atoms with Crippen LogP contribution in [0.2, 0.25) is 0 Å². The van der Waals surface area contributed by atoms with Crippen LogP contribution in [0.5, 0.6) is 0 Å². The number of amides is 1. The summed E-state index contributed by atoms with van der Waals surface area (Å²) in [4.78, 5) is 22.8. The minimum absolute atomic E-state index is 0.0133. The molecule has 2 aliphatic heterocycles. The number of hydrogen-bond donors (Lipinski definition) is 0. The largest absolute Gasteiger partial charge is 0.389 e. The second kappa shape index (κ2) is 10.5. The number of benzene rings is 1. The van der Waals surface area contributed by atoms with E-state index in [-0.39, 0.29) is 25.0 Å². The SMILES string of the molecule is C=C(CCCC(F)(F)F)CC(CN1C(=O)C2(CN([C@H](C)OC)C2)c2ccccc21)=NC1=C(C)CCC1. The van der Waals surface area contributed by atoms with Crippen LogP contribution in [-0.4, -0.2) is 55.7 Å². The molecule has 0 aromatic heterocycles. The van der Waals surface area contributed by atoms with Gasteiger partial charge in [-0.05, 0) is 57.6 Å². The van der Waals surface area contributed by atoms with E-state index < -0.39 is 18.0 Å². The van der Waals surface area contributed by atoms with E-state index >= 15 is 0 Å². The van der Waals surface area contributed by atoms with Crippen LogP contribution in [-0.2, 0) is 14.9 Å². The maximum atomic E-state index is 13.9. The van der Waals surface area contributed by atoms with E-state index in [4.69, 9.17) is 9.73 Å². The molecule has 1 saturated heterocycles. The quantitative estimate of drug-likeness (QED) is 0.284. The number of fused-ring (bicyclic) bond motifs is 2. The summed E-state index contributed by atoms with van der Waals surface area (Å²) in [5, 5.41) is 0. The highest BCUT2D eigenvalue weighted by atomic mass is 19.4. The van der Waals surface area contributed by atoms with Gasteiger partial charge in [0.25, 0.3) is 0 Å². The number of aliphatic imine (C=N–C) groups is 1. The molecule has 1 atom stereocenters. The van der Waals surface area contributed by atoms with Gasteiger partial charge in [-0.2, -0.15) is 13.2 Å². The van der Waals surface area contributed by atoms with Crippen LogP contribution in [0.25, 0.3) is 0 Å². The van der Waals surface area contributed by atoms with Gasteiger partial charge in [-0.1, -0.05) is 35.9 Å². The van der Waals surface area contributed by atoms with Crippen molar-refractivity contribution in [2.75, 3.05) is 31.6 Å². The van der Waals surface area contributed by atoms with Crippen molar-refractivity contribution in [3.05, 3.63) is 53.3 Å². The molecule has 0 N–H and O–H groups in total. The monoisotopic (exact) mass is 503 g/mol. The highest BCUT2D eigenvalue weighted by Crippen LogP contribution is 2.48. The third kappa shape index (κ3) is 5.44. The number of allylic oxidation sites excluding steroid dienone is 3. The van der Waals surface area contributed by atoms with Gasteiger partial charge in [0.2, 0.25) is 5.91 Å². The molecule has 1 aromatic rings. The number of hydrogen-bond acceptors (Lipinski definition) is 4. The van der Waals surface area contributed by atoms with E-state index in [1.807, 2.05) is 36.1 Å². The molecule has 1 aromatic carbocycles. The number of nitrogens with zero attached hydrogens (tertiary/aromatic N) is 3. The van der Waals surface area contributed by atoms with Crippen molar-refractivity contribution in [3.63, 3.8) is 0 Å². The first-order valence-corrected chi connectivity index (χ1v) is 12.7. The van der Waals surface area contributed by atoms with Crippen LogP contribution in [0.15, 0.2) is 52.7 Å². The minimum Gasteiger partial charge on any atom is -0.367 e. The Morgan fingerprint density at radius 3 is 2.61 bits per heavy atom. The fraction of sp³-hybridized carbons (Fsp3) is 0.571. The number of ether oxygens (including phenoxy) is 1. The first kappa shape index (κ1) is 26.6. The van der Waals surface area contributed by atoms with E-state index in [9.17, 15) is 18.0 Å². The Bertz CT molecular complexity index is 1070. The standard InChI is InChI=1S/C28H36F3N3O2/c1-19(9-8-14-28(29,30)31)15-22(32-24-12-7-10-20(24)2)16-34-25-13-6-5-11-23(25)27(26(34)35)17-33(18-27)21(3)36-4/h5-6,11,13,21H,1,7-10,12,14-18H2,2-4H3/t21-/m0/s1. The maximum Gasteiger partial charge on any atom is 0.389 e. The predicted octanol–water partition coefficient (Wildman–Crippen LogP) is 6.16. The molecular formula is C28H36F3N3O2. The fourth-order valence-electron chi connectivity index (χ4n) is 5.56. The smallest absolute Gasteiger partial charge is 0.367 e. The summed E-state index contributed by atoms with van der Waals surface area (Å²) in [6.07, 6.45) is -1.44. The first-order chi connectivity index (χ1) is 17.0. The maximum absolute atomic E-state index is 13.9. The molecule has 2 heterocycles. The predicted molar refractivity (Wildman–Crippen MR) is 136 cm³/mol. The molecular weight excluding hydrogens is 467 g/mol. The zero-order valence-electron chi connectivity index (χ0n) is 21.5. The van der Waals surface area contributed by atoms with E-state index in [0.29, 0.717) is 31.6 Å². The molecule has 1 aliphatic carbocycles. The average Bonchev–Trinajstić information content (AvgIpc) is 3.30. The lowest BCUT2D eigenvalue weighted by atomic mass is 9.74. The number of carbonyl (C=O) groups excluding carboxylic acids is 1. The molecule has 0 unspecified atom stereocenters. The zero-order chi connectivity index (χ0) is 26.1. The Balaban J connectivity index is 1.56. The molecule has 0 radical (unpaired) electrons. The Labute approximate surface area is 211 Å². The molecule has 0 bridgehead atoms. The van der Waals surface area contributed by atoms with E-state index in [1.165, 1.54) is 5.57 Å². The van der Waals surface area contributed by atoms with Crippen molar-refractivity contribution in [1.29, 1.82) is 0 Å². The number of rotatable bonds is 10. The third-order valence-corrected chi connectivity index (χ3v) is 7.70. The van der Waals surface area contributed by atoms with Gasteiger partial charge in [0, 0.05) is 50.1 Å². The van der Waals surface area contributed by atoms with Crippen LogP contribution < -0.4 is 4.90 Å². The summed E-state index contributed by atoms with van der Waals surface area (Å²) in [7, 11) is 1.66. The van der Waals surface area contributed by atoms with Crippen LogP contribution in [0.1, 0.15) is 64.4 Å². The summed E-state index contributed by atoms with van der Waals surface area (Å²) in [6.45, 7) is 9.60. The molecule has 3 aliphatic rings. The lowest BCUT2D eigenvalue weighted by Crippen LogP contribution is -2.66. The topological polar surface area (TPSA) is 45.1 Å². The van der Waals surface area contributed by atoms with Crippen LogP contribution in [0, 0.1) is 0 Å². The molecule has 5 nitrogen and oxygen atoms in total. The van der Waals surface area contributed by atoms with Crippen molar-refractivity contribution >= 4 is 17.3 Å². The number of para-hydroxylation sites is 1. The zero-order valence-corrected chi connectivity index (χ0v) is 21.5. The average molecular weight is 504 g/mol. The van der Waals surface area contributed by atoms with Gasteiger partial charge in [-0.25, -0.2) is 0 Å². The molecule has 1 amide bonds. The van der Waals surface area contributed by atoms with Crippen LogP contribution >= 0.6 is 0 Å². The number of halogens is 3. The third-order valence-electron chi connectivity index (χ3n) is 7.70. The van der Waals surface area contributed by atoms with Gasteiger partial charge in [0.05, 0.1) is 6.54 Å². The molecule has 36 heavy (non-hydrogen) atoms. The van der Waals surface area contributed by atoms with E-state index in [0.717, 1.165) is 41.9 Å². The van der Waals surface area contributed by atoms with Crippen LogP contribution in [0.3, 0.4) is 0 Å². The van der Waals surface area contributed by atoms with Gasteiger partial charge in [-0.15, -0.1) is 0 Å². The highest BCUT2D eigenvalue weighted by Gasteiger charge is 2.58. The lowest BCUT2D eigenvalue weighted by Gasteiger charge is -2.49. The molecule has 196 valence electrons. The molecule has 8 heteroatoms. The minimum atomic E-state index is -4.17. The second-order valence-electron chi connectivity index (χ2n) is 10.4. The van der Waals surface area contributed by atoms with Crippen molar-refractivity contribution in [3.8, 4) is 0 Å². The normalized spacial score (nSPS) is 20.8. The number of alkyl halides is 3. The Hall–Kier alpha value is -2.45. The van der Waals surface area contributed by atoms with Crippen molar-refractivity contribution in [2.45, 2.75) is 76.6 Å². The summed E-state index contributed by atoms with van der Waals surface area (Å²) in [5.41, 5.74) is 5.08. The van der Waals surface area contributed by atoms with Gasteiger partial charge in [0.1, 0.15) is 11.6 Å². The molecule has 0 saturated carbocycles. The number of carbonyl (C=O) groups is 1. The van der Waals surface area contributed by atoms with Crippen LogP contribution in [0.4, 0.5) is 18.9 Å². The van der Waals surface area contributed by atoms with Gasteiger partial charge < -0.3 is 9.64 Å². The van der Waals surface area contributed by atoms with E-state index in [1.54, 1.807) is 7.11 Å². The summed E-state index contributed by atoms with van der Waals surface area (Å²) in [6, 6.07) is 7.89. The van der Waals surface area contributed by atoms with Crippen molar-refractivity contribution < 1.29 is 22.7 Å². The number of likely N-dealkylation sites (tertiary alicyclic amines) is 1. The van der Waals surface area contributed by atoms with Crippen molar-refractivity contribution in [1.82, 2.24) is 4.90 Å². The summed E-state index contributed by atoms with van der Waals surface area (Å²) < 4.78 is 43.4. The van der Waals surface area contributed by atoms with E-state index in [2.05, 4.69) is 18.4 Å². The molecule has 4 rings (SSSR count). The Morgan fingerprint density at radius 1 is 1.25 bits per heavy atom. The first-order valence-electron chi connectivity index (χ1n) is 12.7.